The van der Waals surface area contributed by atoms with Gasteiger partial charge in [-0.2, -0.15) is 0 Å². The highest BCUT2D eigenvalue weighted by Gasteiger charge is 2.24. The van der Waals surface area contributed by atoms with Gasteiger partial charge < -0.3 is 14.6 Å². The molecule has 2 heterocycles. The average Bonchev–Trinajstić information content (AvgIpc) is 3.34. The van der Waals surface area contributed by atoms with Crippen LogP contribution in [0.25, 0.3) is 0 Å². The van der Waals surface area contributed by atoms with E-state index in [0.717, 1.165) is 17.7 Å². The number of benzene rings is 1. The van der Waals surface area contributed by atoms with Gasteiger partial charge in [0.05, 0.1) is 6.26 Å². The van der Waals surface area contributed by atoms with E-state index in [4.69, 9.17) is 4.42 Å². The Morgan fingerprint density at radius 2 is 2.00 bits per heavy atom. The van der Waals surface area contributed by atoms with Crippen molar-refractivity contribution in [2.45, 2.75) is 45.1 Å². The number of hydrogen-bond acceptors (Lipinski definition) is 3. The summed E-state index contributed by atoms with van der Waals surface area (Å²) in [5.41, 5.74) is 3.15. The number of furan rings is 1. The third-order valence-corrected chi connectivity index (χ3v) is 5.47. The highest BCUT2D eigenvalue weighted by Crippen LogP contribution is 2.28. The number of carbonyl (C=O) groups excluding carboxylic acids is 2. The van der Waals surface area contributed by atoms with Crippen LogP contribution < -0.4 is 5.32 Å². The highest BCUT2D eigenvalue weighted by molar-refractivity contribution is 5.92. The van der Waals surface area contributed by atoms with E-state index in [2.05, 4.69) is 11.4 Å². The number of nitrogens with one attached hydrogen (secondary N) is 1. The Morgan fingerprint density at radius 1 is 1.15 bits per heavy atom. The molecule has 1 saturated carbocycles. The summed E-state index contributed by atoms with van der Waals surface area (Å²) in [6.07, 6.45) is 7.77. The maximum Gasteiger partial charge on any atom is 0.289 e. The standard InChI is InChI=1S/C21H24N2O3/c24-20(12-15-4-1-2-5-15)22-18-8-7-16-9-10-23(14-17(16)13-18)21(25)19-6-3-11-26-19/h3,6-8,11,13,15H,1-2,4-5,9-10,12,14H2,(H,22,24). The lowest BCUT2D eigenvalue weighted by molar-refractivity contribution is -0.117. The molecular formula is C21H24N2O3. The maximum absolute atomic E-state index is 12.5. The van der Waals surface area contributed by atoms with Crippen LogP contribution in [-0.4, -0.2) is 23.3 Å². The summed E-state index contributed by atoms with van der Waals surface area (Å²) in [4.78, 5) is 26.6. The van der Waals surface area contributed by atoms with Crippen LogP contribution in [0.4, 0.5) is 5.69 Å². The molecule has 0 saturated heterocycles. The fraction of sp³-hybridized carbons (Fsp3) is 0.429. The van der Waals surface area contributed by atoms with Crippen LogP contribution in [0.3, 0.4) is 0 Å². The van der Waals surface area contributed by atoms with Gasteiger partial charge in [-0.15, -0.1) is 0 Å². The number of anilines is 1. The molecule has 0 spiro atoms. The van der Waals surface area contributed by atoms with Gasteiger partial charge in [0.2, 0.25) is 5.91 Å². The van der Waals surface area contributed by atoms with Crippen molar-refractivity contribution >= 4 is 17.5 Å². The second-order valence-corrected chi connectivity index (χ2v) is 7.34. The monoisotopic (exact) mass is 352 g/mol. The van der Waals surface area contributed by atoms with Crippen LogP contribution in [0, 0.1) is 5.92 Å². The summed E-state index contributed by atoms with van der Waals surface area (Å²) in [5, 5.41) is 3.03. The van der Waals surface area contributed by atoms with E-state index >= 15 is 0 Å². The summed E-state index contributed by atoms with van der Waals surface area (Å²) in [5.74, 6) is 0.913. The van der Waals surface area contributed by atoms with Gasteiger partial charge in [-0.1, -0.05) is 18.9 Å². The molecule has 2 amide bonds. The lowest BCUT2D eigenvalue weighted by Crippen LogP contribution is -2.35. The van der Waals surface area contributed by atoms with Gasteiger partial charge in [-0.3, -0.25) is 9.59 Å². The van der Waals surface area contributed by atoms with Crippen LogP contribution in [-0.2, 0) is 17.8 Å². The van der Waals surface area contributed by atoms with E-state index in [1.165, 1.54) is 37.5 Å². The molecule has 0 bridgehead atoms. The molecule has 1 fully saturated rings. The van der Waals surface area contributed by atoms with Crippen molar-refractivity contribution < 1.29 is 14.0 Å². The minimum absolute atomic E-state index is 0.0867. The zero-order chi connectivity index (χ0) is 17.9. The minimum Gasteiger partial charge on any atom is -0.459 e. The van der Waals surface area contributed by atoms with E-state index in [0.29, 0.717) is 31.2 Å². The lowest BCUT2D eigenvalue weighted by atomic mass is 9.98. The first-order chi connectivity index (χ1) is 12.7. The number of amides is 2. The highest BCUT2D eigenvalue weighted by atomic mass is 16.3. The van der Waals surface area contributed by atoms with Gasteiger partial charge in [0.15, 0.2) is 5.76 Å². The maximum atomic E-state index is 12.5. The van der Waals surface area contributed by atoms with Crippen molar-refractivity contribution in [2.75, 3.05) is 11.9 Å². The first-order valence-electron chi connectivity index (χ1n) is 9.43. The third-order valence-electron chi connectivity index (χ3n) is 5.47. The van der Waals surface area contributed by atoms with Crippen molar-refractivity contribution in [3.05, 3.63) is 53.5 Å². The van der Waals surface area contributed by atoms with Crippen LogP contribution in [0.5, 0.6) is 0 Å². The zero-order valence-electron chi connectivity index (χ0n) is 14.9. The zero-order valence-corrected chi connectivity index (χ0v) is 14.9. The summed E-state index contributed by atoms with van der Waals surface area (Å²) in [6, 6.07) is 9.45. The molecule has 0 unspecified atom stereocenters. The topological polar surface area (TPSA) is 62.6 Å². The smallest absolute Gasteiger partial charge is 0.289 e. The summed E-state index contributed by atoms with van der Waals surface area (Å²) < 4.78 is 5.23. The van der Waals surface area contributed by atoms with Crippen LogP contribution >= 0.6 is 0 Å². The summed E-state index contributed by atoms with van der Waals surface area (Å²) >= 11 is 0. The van der Waals surface area contributed by atoms with Gasteiger partial charge in [0, 0.05) is 25.2 Å². The predicted octanol–water partition coefficient (Wildman–Crippen LogP) is 4.00. The second-order valence-electron chi connectivity index (χ2n) is 7.34. The first-order valence-corrected chi connectivity index (χ1v) is 9.43. The van der Waals surface area contributed by atoms with E-state index in [1.807, 2.05) is 12.1 Å². The SMILES string of the molecule is O=C(CC1CCCC1)Nc1ccc2c(c1)CN(C(=O)c1ccco1)CC2. The minimum atomic E-state index is -0.0867. The molecule has 4 rings (SSSR count). The number of rotatable bonds is 4. The Bertz CT molecular complexity index is 792. The van der Waals surface area contributed by atoms with Crippen molar-refractivity contribution in [3.63, 3.8) is 0 Å². The van der Waals surface area contributed by atoms with Crippen molar-refractivity contribution in [3.8, 4) is 0 Å². The fourth-order valence-corrected chi connectivity index (χ4v) is 4.05. The Balaban J connectivity index is 1.42. The molecule has 1 aromatic carbocycles. The summed E-state index contributed by atoms with van der Waals surface area (Å²) in [7, 11) is 0. The molecule has 5 nitrogen and oxygen atoms in total. The molecule has 0 radical (unpaired) electrons. The van der Waals surface area contributed by atoms with Crippen molar-refractivity contribution in [1.82, 2.24) is 4.90 Å². The van der Waals surface area contributed by atoms with Crippen molar-refractivity contribution in [1.29, 1.82) is 0 Å². The molecule has 1 aliphatic heterocycles. The molecule has 1 aliphatic carbocycles. The molecule has 0 atom stereocenters. The number of fused-ring (bicyclic) bond motifs is 1. The van der Waals surface area contributed by atoms with E-state index in [9.17, 15) is 9.59 Å². The number of hydrogen-bond donors (Lipinski definition) is 1. The van der Waals surface area contributed by atoms with Crippen LogP contribution in [0.2, 0.25) is 0 Å². The Hall–Kier alpha value is -2.56. The van der Waals surface area contributed by atoms with Crippen molar-refractivity contribution in [2.24, 2.45) is 5.92 Å². The van der Waals surface area contributed by atoms with Crippen LogP contribution in [0.15, 0.2) is 41.0 Å². The summed E-state index contributed by atoms with van der Waals surface area (Å²) in [6.45, 7) is 1.22. The molecule has 1 N–H and O–H groups in total. The molecule has 26 heavy (non-hydrogen) atoms. The fourth-order valence-electron chi connectivity index (χ4n) is 4.05. The van der Waals surface area contributed by atoms with Gasteiger partial charge in [-0.05, 0) is 60.6 Å². The average molecular weight is 352 g/mol. The van der Waals surface area contributed by atoms with Crippen LogP contribution in [0.1, 0.15) is 53.8 Å². The lowest BCUT2D eigenvalue weighted by Gasteiger charge is -2.28. The largest absolute Gasteiger partial charge is 0.459 e. The number of carbonyl (C=O) groups is 2. The predicted molar refractivity (Wildman–Crippen MR) is 98.8 cm³/mol. The van der Waals surface area contributed by atoms with Gasteiger partial charge in [0.1, 0.15) is 0 Å². The normalized spacial score (nSPS) is 17.2. The molecule has 2 aliphatic rings. The van der Waals surface area contributed by atoms with E-state index in [1.54, 1.807) is 17.0 Å². The molecule has 1 aromatic heterocycles. The number of nitrogens with zero attached hydrogens (tertiary/aromatic N) is 1. The third kappa shape index (κ3) is 3.66. The second kappa shape index (κ2) is 7.36. The van der Waals surface area contributed by atoms with Gasteiger partial charge >= 0.3 is 0 Å². The Labute approximate surface area is 153 Å². The van der Waals surface area contributed by atoms with Gasteiger partial charge in [0.25, 0.3) is 5.91 Å². The molecular weight excluding hydrogens is 328 g/mol. The Morgan fingerprint density at radius 3 is 2.77 bits per heavy atom. The quantitative estimate of drug-likeness (QED) is 0.905. The molecule has 136 valence electrons. The molecule has 2 aromatic rings. The van der Waals surface area contributed by atoms with Gasteiger partial charge in [-0.25, -0.2) is 0 Å². The Kier molecular flexibility index (Phi) is 4.78. The molecule has 5 heteroatoms. The van der Waals surface area contributed by atoms with E-state index < -0.39 is 0 Å². The van der Waals surface area contributed by atoms with E-state index in [-0.39, 0.29) is 11.8 Å². The first kappa shape index (κ1) is 16.9.